The van der Waals surface area contributed by atoms with Crippen LogP contribution < -0.4 is 4.74 Å². The van der Waals surface area contributed by atoms with Crippen molar-refractivity contribution in [2.24, 2.45) is 0 Å². The maximum atomic E-state index is 12.5. The predicted molar refractivity (Wildman–Crippen MR) is 95.9 cm³/mol. The molecule has 0 saturated carbocycles. The zero-order chi connectivity index (χ0) is 17.6. The first-order chi connectivity index (χ1) is 12.2. The van der Waals surface area contributed by atoms with Gasteiger partial charge in [0.05, 0.1) is 18.2 Å². The lowest BCUT2D eigenvalue weighted by molar-refractivity contribution is -0.134. The lowest BCUT2D eigenvalue weighted by atomic mass is 10.2. The van der Waals surface area contributed by atoms with Crippen molar-refractivity contribution in [2.75, 3.05) is 19.8 Å². The highest BCUT2D eigenvalue weighted by Crippen LogP contribution is 2.34. The van der Waals surface area contributed by atoms with Crippen molar-refractivity contribution >= 4 is 23.2 Å². The van der Waals surface area contributed by atoms with Gasteiger partial charge < -0.3 is 14.4 Å². The van der Waals surface area contributed by atoms with Gasteiger partial charge in [-0.25, -0.2) is 4.79 Å². The molecule has 3 rings (SSSR count). The average Bonchev–Trinajstić information content (AvgIpc) is 3.31. The van der Waals surface area contributed by atoms with Crippen LogP contribution in [0.3, 0.4) is 0 Å². The molecule has 0 radical (unpaired) electrons. The summed E-state index contributed by atoms with van der Waals surface area (Å²) < 4.78 is 10.5. The van der Waals surface area contributed by atoms with Crippen LogP contribution in [0.2, 0.25) is 0 Å². The number of hydrogen-bond acceptors (Lipinski definition) is 5. The Morgan fingerprint density at radius 2 is 2.04 bits per heavy atom. The summed E-state index contributed by atoms with van der Waals surface area (Å²) in [5.74, 6) is 0.194. The number of ether oxygens (including phenoxy) is 2. The summed E-state index contributed by atoms with van der Waals surface area (Å²) in [7, 11) is 0. The van der Waals surface area contributed by atoms with Crippen LogP contribution in [0, 0.1) is 0 Å². The van der Waals surface area contributed by atoms with Gasteiger partial charge in [-0.3, -0.25) is 4.79 Å². The summed E-state index contributed by atoms with van der Waals surface area (Å²) in [5, 5.41) is 2.04. The van der Waals surface area contributed by atoms with Crippen LogP contribution >= 0.6 is 11.3 Å². The molecule has 0 spiro atoms. The number of hydrogen-bond donors (Lipinski definition) is 0. The van der Waals surface area contributed by atoms with E-state index in [9.17, 15) is 9.59 Å². The Kier molecular flexibility index (Phi) is 5.71. The van der Waals surface area contributed by atoms with Crippen LogP contribution in [0.1, 0.15) is 41.0 Å². The Balaban J connectivity index is 1.56. The molecule has 1 aromatic carbocycles. The van der Waals surface area contributed by atoms with Gasteiger partial charge in [-0.1, -0.05) is 6.07 Å². The molecule has 1 atom stereocenters. The first-order valence-corrected chi connectivity index (χ1v) is 9.30. The van der Waals surface area contributed by atoms with E-state index in [1.807, 2.05) is 16.3 Å². The van der Waals surface area contributed by atoms with Crippen molar-refractivity contribution in [1.82, 2.24) is 4.90 Å². The number of benzene rings is 1. The van der Waals surface area contributed by atoms with E-state index in [1.54, 1.807) is 42.5 Å². The van der Waals surface area contributed by atoms with E-state index in [1.165, 1.54) is 4.88 Å². The lowest BCUT2D eigenvalue weighted by Gasteiger charge is -2.24. The van der Waals surface area contributed by atoms with Crippen molar-refractivity contribution < 1.29 is 19.1 Å². The van der Waals surface area contributed by atoms with Gasteiger partial charge >= 0.3 is 5.97 Å². The minimum atomic E-state index is -0.360. The summed E-state index contributed by atoms with van der Waals surface area (Å²) in [4.78, 5) is 27.3. The van der Waals surface area contributed by atoms with E-state index in [0.29, 0.717) is 17.9 Å². The molecule has 0 aliphatic carbocycles. The molecular formula is C19H21NO4S. The molecule has 25 heavy (non-hydrogen) atoms. The van der Waals surface area contributed by atoms with Crippen LogP contribution in [0.25, 0.3) is 0 Å². The second-order valence-electron chi connectivity index (χ2n) is 5.79. The normalized spacial score (nSPS) is 16.7. The molecule has 0 bridgehead atoms. The highest BCUT2D eigenvalue weighted by molar-refractivity contribution is 7.10. The second kappa shape index (κ2) is 8.16. The number of esters is 1. The molecule has 0 N–H and O–H groups in total. The fraction of sp³-hybridized carbons (Fsp3) is 0.368. The lowest BCUT2D eigenvalue weighted by Crippen LogP contribution is -2.34. The van der Waals surface area contributed by atoms with Crippen molar-refractivity contribution in [3.8, 4) is 5.75 Å². The molecule has 1 saturated heterocycles. The molecule has 132 valence electrons. The number of carbonyl (C=O) groups is 2. The first-order valence-electron chi connectivity index (χ1n) is 8.42. The maximum absolute atomic E-state index is 12.5. The fourth-order valence-electron chi connectivity index (χ4n) is 2.97. The third-order valence-corrected chi connectivity index (χ3v) is 5.15. The molecule has 1 aromatic heterocycles. The van der Waals surface area contributed by atoms with Crippen LogP contribution in [-0.2, 0) is 9.53 Å². The van der Waals surface area contributed by atoms with E-state index in [-0.39, 0.29) is 24.5 Å². The van der Waals surface area contributed by atoms with E-state index in [0.717, 1.165) is 19.4 Å². The van der Waals surface area contributed by atoms with Crippen molar-refractivity contribution in [1.29, 1.82) is 0 Å². The predicted octanol–water partition coefficient (Wildman–Crippen LogP) is 3.67. The standard InChI is InChI=1S/C19H21NO4S/c1-2-23-19(22)14-7-9-15(10-8-14)24-13-18(21)20-11-3-5-16(20)17-6-4-12-25-17/h4,6-10,12,16H,2-3,5,11,13H2,1H3. The quantitative estimate of drug-likeness (QED) is 0.739. The van der Waals surface area contributed by atoms with Crippen LogP contribution in [0.4, 0.5) is 0 Å². The Bertz CT molecular complexity index is 712. The van der Waals surface area contributed by atoms with Crippen molar-refractivity contribution in [3.63, 3.8) is 0 Å². The fourth-order valence-corrected chi connectivity index (χ4v) is 3.85. The van der Waals surface area contributed by atoms with Crippen molar-refractivity contribution in [3.05, 3.63) is 52.2 Å². The third-order valence-electron chi connectivity index (χ3n) is 4.17. The van der Waals surface area contributed by atoms with Gasteiger partial charge in [0, 0.05) is 11.4 Å². The number of thiophene rings is 1. The second-order valence-corrected chi connectivity index (χ2v) is 6.77. The van der Waals surface area contributed by atoms with Gasteiger partial charge in [-0.15, -0.1) is 11.3 Å². The molecule has 2 heterocycles. The molecule has 2 aromatic rings. The molecule has 6 heteroatoms. The van der Waals surface area contributed by atoms with Gasteiger partial charge in [0.15, 0.2) is 6.61 Å². The number of amides is 1. The number of rotatable bonds is 6. The average molecular weight is 359 g/mol. The van der Waals surface area contributed by atoms with E-state index in [2.05, 4.69) is 6.07 Å². The summed E-state index contributed by atoms with van der Waals surface area (Å²) >= 11 is 1.69. The van der Waals surface area contributed by atoms with E-state index >= 15 is 0 Å². The zero-order valence-corrected chi connectivity index (χ0v) is 15.0. The monoisotopic (exact) mass is 359 g/mol. The number of likely N-dealkylation sites (tertiary alicyclic amines) is 1. The smallest absolute Gasteiger partial charge is 0.338 e. The minimum absolute atomic E-state index is 0.000623. The number of nitrogens with zero attached hydrogens (tertiary/aromatic N) is 1. The maximum Gasteiger partial charge on any atom is 0.338 e. The van der Waals surface area contributed by atoms with Gasteiger partial charge in [0.1, 0.15) is 5.75 Å². The topological polar surface area (TPSA) is 55.8 Å². The van der Waals surface area contributed by atoms with Crippen LogP contribution in [-0.4, -0.2) is 36.5 Å². The van der Waals surface area contributed by atoms with Crippen LogP contribution in [0.5, 0.6) is 5.75 Å². The minimum Gasteiger partial charge on any atom is -0.484 e. The van der Waals surface area contributed by atoms with Crippen LogP contribution in [0.15, 0.2) is 41.8 Å². The SMILES string of the molecule is CCOC(=O)c1ccc(OCC(=O)N2CCCC2c2cccs2)cc1. The molecule has 1 unspecified atom stereocenters. The Morgan fingerprint density at radius 3 is 2.72 bits per heavy atom. The van der Waals surface area contributed by atoms with E-state index < -0.39 is 0 Å². The Labute approximate surface area is 151 Å². The third kappa shape index (κ3) is 4.20. The summed E-state index contributed by atoms with van der Waals surface area (Å²) in [6.45, 7) is 2.88. The molecule has 1 amide bonds. The molecule has 5 nitrogen and oxygen atoms in total. The van der Waals surface area contributed by atoms with Gasteiger partial charge in [0.2, 0.25) is 0 Å². The van der Waals surface area contributed by atoms with Crippen molar-refractivity contribution in [2.45, 2.75) is 25.8 Å². The summed E-state index contributed by atoms with van der Waals surface area (Å²) in [6.07, 6.45) is 2.02. The molecule has 1 fully saturated rings. The summed E-state index contributed by atoms with van der Waals surface area (Å²) in [6, 6.07) is 10.9. The largest absolute Gasteiger partial charge is 0.484 e. The zero-order valence-electron chi connectivity index (χ0n) is 14.1. The van der Waals surface area contributed by atoms with Gasteiger partial charge in [0.25, 0.3) is 5.91 Å². The Morgan fingerprint density at radius 1 is 1.24 bits per heavy atom. The molecule has 1 aliphatic heterocycles. The first kappa shape index (κ1) is 17.5. The van der Waals surface area contributed by atoms with Gasteiger partial charge in [-0.2, -0.15) is 0 Å². The van der Waals surface area contributed by atoms with Gasteiger partial charge in [-0.05, 0) is 55.5 Å². The Hall–Kier alpha value is -2.34. The highest BCUT2D eigenvalue weighted by Gasteiger charge is 2.30. The summed E-state index contributed by atoms with van der Waals surface area (Å²) in [5.41, 5.74) is 0.470. The molecular weight excluding hydrogens is 338 g/mol. The van der Waals surface area contributed by atoms with E-state index in [4.69, 9.17) is 9.47 Å². The number of carbonyl (C=O) groups excluding carboxylic acids is 2. The molecule has 1 aliphatic rings. The highest BCUT2D eigenvalue weighted by atomic mass is 32.1.